The van der Waals surface area contributed by atoms with Gasteiger partial charge in [-0.1, -0.05) is 39.4 Å². The number of allylic oxidation sites excluding steroid dienone is 1. The zero-order valence-corrected chi connectivity index (χ0v) is 24.1. The number of benzene rings is 2. The predicted molar refractivity (Wildman–Crippen MR) is 152 cm³/mol. The number of methoxy groups -OCH3 is 2. The minimum absolute atomic E-state index is 0.185. The molecular formula is C29H25BrN2O6S. The van der Waals surface area contributed by atoms with Gasteiger partial charge >= 0.3 is 5.97 Å². The van der Waals surface area contributed by atoms with Crippen molar-refractivity contribution in [1.82, 2.24) is 4.57 Å². The molecule has 0 saturated carbocycles. The Morgan fingerprint density at radius 3 is 2.59 bits per heavy atom. The number of rotatable bonds is 7. The van der Waals surface area contributed by atoms with Gasteiger partial charge in [0.25, 0.3) is 5.56 Å². The standard InChI is InChI=1S/C29H25BrN2O6S/c1-5-37-28(34)25-16(2)31-29-32(26(25)23-13-12-22(38-23)17-6-8-19(30)9-7-17)27(33)24(39-29)15-18-14-20(35-3)10-11-21(18)36-4/h6-15,26H,5H2,1-4H3/b24-15-/t26-/m1/s1. The number of hydrogen-bond acceptors (Lipinski definition) is 8. The number of furan rings is 1. The molecule has 1 atom stereocenters. The van der Waals surface area contributed by atoms with Gasteiger partial charge in [-0.25, -0.2) is 9.79 Å². The van der Waals surface area contributed by atoms with E-state index in [1.807, 2.05) is 30.3 Å². The van der Waals surface area contributed by atoms with E-state index in [4.69, 9.17) is 18.6 Å². The SMILES string of the molecule is CCOC(=O)C1=C(C)N=c2s/c(=C\c3cc(OC)ccc3OC)c(=O)n2[C@@H]1c1ccc(-c2ccc(Br)cc2)o1. The monoisotopic (exact) mass is 608 g/mol. The van der Waals surface area contributed by atoms with Crippen molar-refractivity contribution in [3.63, 3.8) is 0 Å². The van der Waals surface area contributed by atoms with E-state index in [1.165, 1.54) is 15.9 Å². The molecule has 0 bridgehead atoms. The van der Waals surface area contributed by atoms with Gasteiger partial charge in [-0.3, -0.25) is 9.36 Å². The van der Waals surface area contributed by atoms with Crippen LogP contribution in [-0.2, 0) is 9.53 Å². The maximum atomic E-state index is 13.9. The Hall–Kier alpha value is -3.89. The molecule has 4 aromatic rings. The van der Waals surface area contributed by atoms with Crippen LogP contribution < -0.4 is 24.4 Å². The van der Waals surface area contributed by atoms with Crippen molar-refractivity contribution in [3.05, 3.63) is 101 Å². The van der Waals surface area contributed by atoms with Gasteiger partial charge in [0.1, 0.15) is 29.1 Å². The molecule has 0 N–H and O–H groups in total. The Labute approximate surface area is 236 Å². The summed E-state index contributed by atoms with van der Waals surface area (Å²) in [5, 5.41) is 0. The van der Waals surface area contributed by atoms with Gasteiger partial charge in [0.2, 0.25) is 0 Å². The Kier molecular flexibility index (Phi) is 7.58. The molecule has 0 aliphatic carbocycles. The van der Waals surface area contributed by atoms with Gasteiger partial charge in [-0.05, 0) is 62.4 Å². The van der Waals surface area contributed by atoms with E-state index in [1.54, 1.807) is 58.4 Å². The van der Waals surface area contributed by atoms with E-state index < -0.39 is 12.0 Å². The summed E-state index contributed by atoms with van der Waals surface area (Å²) < 4.78 is 25.3. The lowest BCUT2D eigenvalue weighted by molar-refractivity contribution is -0.139. The number of carbonyl (C=O) groups is 1. The molecule has 1 aliphatic heterocycles. The topological polar surface area (TPSA) is 92.3 Å². The molecule has 0 fully saturated rings. The molecule has 200 valence electrons. The highest BCUT2D eigenvalue weighted by Crippen LogP contribution is 2.34. The van der Waals surface area contributed by atoms with Crippen LogP contribution in [0.2, 0.25) is 0 Å². The highest BCUT2D eigenvalue weighted by molar-refractivity contribution is 9.10. The largest absolute Gasteiger partial charge is 0.497 e. The van der Waals surface area contributed by atoms with E-state index in [9.17, 15) is 9.59 Å². The van der Waals surface area contributed by atoms with Crippen molar-refractivity contribution < 1.29 is 23.4 Å². The van der Waals surface area contributed by atoms with Gasteiger partial charge in [0.05, 0.1) is 36.6 Å². The summed E-state index contributed by atoms with van der Waals surface area (Å²) in [6.07, 6.45) is 1.74. The highest BCUT2D eigenvalue weighted by Gasteiger charge is 2.35. The Morgan fingerprint density at radius 2 is 1.90 bits per heavy atom. The minimum atomic E-state index is -0.848. The first-order valence-corrected chi connectivity index (χ1v) is 13.7. The lowest BCUT2D eigenvalue weighted by Gasteiger charge is -2.22. The number of thiazole rings is 1. The smallest absolute Gasteiger partial charge is 0.338 e. The van der Waals surface area contributed by atoms with Crippen molar-refractivity contribution in [2.75, 3.05) is 20.8 Å². The van der Waals surface area contributed by atoms with Gasteiger partial charge in [-0.15, -0.1) is 0 Å². The Bertz CT molecular complexity index is 1760. The van der Waals surface area contributed by atoms with Crippen molar-refractivity contribution in [1.29, 1.82) is 0 Å². The predicted octanol–water partition coefficient (Wildman–Crippen LogP) is 4.84. The van der Waals surface area contributed by atoms with Crippen LogP contribution >= 0.6 is 27.3 Å². The van der Waals surface area contributed by atoms with Crippen molar-refractivity contribution in [3.8, 4) is 22.8 Å². The zero-order valence-electron chi connectivity index (χ0n) is 21.7. The fourth-order valence-electron chi connectivity index (χ4n) is 4.42. The van der Waals surface area contributed by atoms with Gasteiger partial charge < -0.3 is 18.6 Å². The average Bonchev–Trinajstić information content (AvgIpc) is 3.53. The van der Waals surface area contributed by atoms with Crippen molar-refractivity contribution in [2.24, 2.45) is 4.99 Å². The number of esters is 1. The summed E-state index contributed by atoms with van der Waals surface area (Å²) in [6, 6.07) is 15.8. The van der Waals surface area contributed by atoms with Gasteiger partial charge in [-0.2, -0.15) is 0 Å². The number of hydrogen-bond donors (Lipinski definition) is 0. The number of ether oxygens (including phenoxy) is 3. The lowest BCUT2D eigenvalue weighted by Crippen LogP contribution is -2.39. The summed E-state index contributed by atoms with van der Waals surface area (Å²) in [7, 11) is 3.14. The zero-order chi connectivity index (χ0) is 27.7. The molecule has 2 aromatic heterocycles. The molecule has 10 heteroatoms. The van der Waals surface area contributed by atoms with Crippen LogP contribution in [0.1, 0.15) is 31.2 Å². The first-order valence-electron chi connectivity index (χ1n) is 12.1. The van der Waals surface area contributed by atoms with Crippen LogP contribution in [0, 0.1) is 0 Å². The molecule has 5 rings (SSSR count). The molecule has 0 amide bonds. The maximum absolute atomic E-state index is 13.9. The third-order valence-electron chi connectivity index (χ3n) is 6.27. The van der Waals surface area contributed by atoms with Crippen LogP contribution in [0.25, 0.3) is 17.4 Å². The molecule has 0 unspecified atom stereocenters. The molecule has 0 radical (unpaired) electrons. The minimum Gasteiger partial charge on any atom is -0.497 e. The van der Waals surface area contributed by atoms with E-state index in [0.717, 1.165) is 10.0 Å². The van der Waals surface area contributed by atoms with E-state index >= 15 is 0 Å². The summed E-state index contributed by atoms with van der Waals surface area (Å²) in [5.74, 6) is 1.71. The molecule has 3 heterocycles. The summed E-state index contributed by atoms with van der Waals surface area (Å²) in [6.45, 7) is 3.66. The third-order valence-corrected chi connectivity index (χ3v) is 7.78. The first kappa shape index (κ1) is 26.7. The second-order valence-electron chi connectivity index (χ2n) is 8.62. The maximum Gasteiger partial charge on any atom is 0.338 e. The van der Waals surface area contributed by atoms with Crippen LogP contribution in [0.3, 0.4) is 0 Å². The van der Waals surface area contributed by atoms with Gasteiger partial charge in [0.15, 0.2) is 4.80 Å². The molecule has 0 spiro atoms. The summed E-state index contributed by atoms with van der Waals surface area (Å²) in [5.41, 5.74) is 1.94. The molecule has 8 nitrogen and oxygen atoms in total. The summed E-state index contributed by atoms with van der Waals surface area (Å²) in [4.78, 5) is 32.1. The number of fused-ring (bicyclic) bond motifs is 1. The molecule has 1 aliphatic rings. The quantitative estimate of drug-likeness (QED) is 0.279. The molecule has 0 saturated heterocycles. The fraction of sp³-hybridized carbons (Fsp3) is 0.207. The van der Waals surface area contributed by atoms with E-state index in [2.05, 4.69) is 20.9 Å². The lowest BCUT2D eigenvalue weighted by atomic mass is 10.0. The van der Waals surface area contributed by atoms with Crippen LogP contribution in [0.15, 0.2) is 84.5 Å². The second kappa shape index (κ2) is 11.1. The summed E-state index contributed by atoms with van der Waals surface area (Å²) >= 11 is 4.67. The normalized spacial score (nSPS) is 15.1. The van der Waals surface area contributed by atoms with Crippen molar-refractivity contribution >= 4 is 39.3 Å². The molecular weight excluding hydrogens is 584 g/mol. The fourth-order valence-corrected chi connectivity index (χ4v) is 5.73. The van der Waals surface area contributed by atoms with Crippen LogP contribution in [0.5, 0.6) is 11.5 Å². The Morgan fingerprint density at radius 1 is 1.13 bits per heavy atom. The van der Waals surface area contributed by atoms with Crippen LogP contribution in [0.4, 0.5) is 0 Å². The molecule has 2 aromatic carbocycles. The van der Waals surface area contributed by atoms with Crippen molar-refractivity contribution in [2.45, 2.75) is 19.9 Å². The average molecular weight is 609 g/mol. The van der Waals surface area contributed by atoms with E-state index in [0.29, 0.717) is 43.6 Å². The number of nitrogens with zero attached hydrogens (tertiary/aromatic N) is 2. The first-order chi connectivity index (χ1) is 18.8. The second-order valence-corrected chi connectivity index (χ2v) is 10.5. The van der Waals surface area contributed by atoms with Crippen LogP contribution in [-0.4, -0.2) is 31.4 Å². The highest BCUT2D eigenvalue weighted by atomic mass is 79.9. The van der Waals surface area contributed by atoms with Gasteiger partial charge in [0, 0.05) is 15.6 Å². The number of halogens is 1. The molecule has 39 heavy (non-hydrogen) atoms. The third kappa shape index (κ3) is 5.09. The number of carbonyl (C=O) groups excluding carboxylic acids is 1. The number of aromatic nitrogens is 1. The Balaban J connectivity index is 1.70. The van der Waals surface area contributed by atoms with E-state index in [-0.39, 0.29) is 17.7 Å².